The van der Waals surface area contributed by atoms with Crippen LogP contribution in [0.15, 0.2) is 22.6 Å². The zero-order chi connectivity index (χ0) is 14.7. The summed E-state index contributed by atoms with van der Waals surface area (Å²) in [7, 11) is 0. The summed E-state index contributed by atoms with van der Waals surface area (Å²) in [5.41, 5.74) is 8.04. The molecular weight excluding hydrogens is 270 g/mol. The van der Waals surface area contributed by atoms with Crippen molar-refractivity contribution in [2.45, 2.75) is 25.5 Å². The summed E-state index contributed by atoms with van der Waals surface area (Å²) < 4.78 is 11.3. The van der Waals surface area contributed by atoms with Crippen molar-refractivity contribution in [3.8, 4) is 0 Å². The minimum absolute atomic E-state index is 0.0895. The van der Waals surface area contributed by atoms with Gasteiger partial charge in [0, 0.05) is 18.8 Å². The van der Waals surface area contributed by atoms with Crippen LogP contribution in [0.3, 0.4) is 0 Å². The second kappa shape index (κ2) is 6.43. The van der Waals surface area contributed by atoms with Crippen molar-refractivity contribution in [1.29, 1.82) is 0 Å². The normalized spacial score (nSPS) is 17.6. The summed E-state index contributed by atoms with van der Waals surface area (Å²) in [5, 5.41) is 8.77. The first-order chi connectivity index (χ1) is 10.2. The van der Waals surface area contributed by atoms with Crippen LogP contribution in [0.4, 0.5) is 5.69 Å². The van der Waals surface area contributed by atoms with E-state index in [1.54, 1.807) is 0 Å². The number of aliphatic hydroxyl groups is 1. The number of piperidine rings is 1. The number of hydrogen-bond acceptors (Lipinski definition) is 6. The fraction of sp³-hybridized carbons (Fsp3) is 0.533. The standard InChI is InChI=1S/C15H21N3O3/c16-11-1-2-14-13(9-11)17-15(21-14)10-18-5-3-12(4-6-18)20-8-7-19/h1-2,9,12,19H,3-8,10,16H2. The van der Waals surface area contributed by atoms with Crippen LogP contribution in [0.5, 0.6) is 0 Å². The number of hydrogen-bond donors (Lipinski definition) is 2. The summed E-state index contributed by atoms with van der Waals surface area (Å²) >= 11 is 0. The number of likely N-dealkylation sites (tertiary alicyclic amines) is 1. The van der Waals surface area contributed by atoms with Crippen molar-refractivity contribution >= 4 is 16.8 Å². The molecule has 3 rings (SSSR count). The number of nitrogen functional groups attached to an aromatic ring is 1. The molecule has 21 heavy (non-hydrogen) atoms. The molecule has 1 fully saturated rings. The second-order valence-corrected chi connectivity index (χ2v) is 5.40. The van der Waals surface area contributed by atoms with E-state index < -0.39 is 0 Å². The van der Waals surface area contributed by atoms with Crippen molar-refractivity contribution in [3.63, 3.8) is 0 Å². The van der Waals surface area contributed by atoms with Crippen LogP contribution in [-0.2, 0) is 11.3 Å². The van der Waals surface area contributed by atoms with Crippen LogP contribution in [-0.4, -0.2) is 47.4 Å². The third-order valence-electron chi connectivity index (χ3n) is 3.79. The first kappa shape index (κ1) is 14.3. The molecule has 0 bridgehead atoms. The molecule has 114 valence electrons. The van der Waals surface area contributed by atoms with Crippen molar-refractivity contribution in [2.75, 3.05) is 32.0 Å². The lowest BCUT2D eigenvalue weighted by Crippen LogP contribution is -2.36. The molecule has 2 heterocycles. The number of nitrogens with zero attached hydrogens (tertiary/aromatic N) is 2. The molecule has 0 saturated carbocycles. The first-order valence-electron chi connectivity index (χ1n) is 7.34. The lowest BCUT2D eigenvalue weighted by atomic mass is 10.1. The van der Waals surface area contributed by atoms with Gasteiger partial charge in [-0.2, -0.15) is 0 Å². The Morgan fingerprint density at radius 2 is 2.19 bits per heavy atom. The van der Waals surface area contributed by atoms with Gasteiger partial charge in [-0.1, -0.05) is 0 Å². The molecule has 0 atom stereocenters. The highest BCUT2D eigenvalue weighted by atomic mass is 16.5. The summed E-state index contributed by atoms with van der Waals surface area (Å²) in [4.78, 5) is 6.80. The zero-order valence-electron chi connectivity index (χ0n) is 12.0. The van der Waals surface area contributed by atoms with E-state index >= 15 is 0 Å². The van der Waals surface area contributed by atoms with Gasteiger partial charge in [0.05, 0.1) is 25.9 Å². The monoisotopic (exact) mass is 291 g/mol. The molecule has 3 N–H and O–H groups in total. The van der Waals surface area contributed by atoms with E-state index in [4.69, 9.17) is 20.0 Å². The number of benzene rings is 1. The molecule has 1 aromatic carbocycles. The topological polar surface area (TPSA) is 84.8 Å². The Bertz CT molecular complexity index is 591. The molecule has 2 aromatic rings. The Labute approximate surface area is 123 Å². The highest BCUT2D eigenvalue weighted by Gasteiger charge is 2.21. The summed E-state index contributed by atoms with van der Waals surface area (Å²) in [5.74, 6) is 0.727. The Hall–Kier alpha value is -1.63. The van der Waals surface area contributed by atoms with Gasteiger partial charge < -0.3 is 20.0 Å². The van der Waals surface area contributed by atoms with Crippen LogP contribution in [0.2, 0.25) is 0 Å². The number of rotatable bonds is 5. The predicted octanol–water partition coefficient (Wildman–Crippen LogP) is 1.38. The fourth-order valence-corrected chi connectivity index (χ4v) is 2.70. The number of anilines is 1. The minimum Gasteiger partial charge on any atom is -0.439 e. The van der Waals surface area contributed by atoms with Gasteiger partial charge in [0.15, 0.2) is 5.58 Å². The number of ether oxygens (including phenoxy) is 1. The Balaban J connectivity index is 1.56. The smallest absolute Gasteiger partial charge is 0.209 e. The molecule has 1 saturated heterocycles. The number of nitrogens with two attached hydrogens (primary N) is 1. The van der Waals surface area contributed by atoms with Crippen molar-refractivity contribution < 1.29 is 14.3 Å². The SMILES string of the molecule is Nc1ccc2oc(CN3CCC(OCCO)CC3)nc2c1. The molecule has 0 spiro atoms. The van der Waals surface area contributed by atoms with Gasteiger partial charge in [-0.3, -0.25) is 4.90 Å². The molecular formula is C15H21N3O3. The molecule has 0 radical (unpaired) electrons. The maximum atomic E-state index is 8.77. The van der Waals surface area contributed by atoms with Crippen LogP contribution in [0.25, 0.3) is 11.1 Å². The van der Waals surface area contributed by atoms with Crippen LogP contribution < -0.4 is 5.73 Å². The number of oxazole rings is 1. The maximum Gasteiger partial charge on any atom is 0.209 e. The average Bonchev–Trinajstić information content (AvgIpc) is 2.88. The third kappa shape index (κ3) is 3.53. The molecule has 1 aromatic heterocycles. The van der Waals surface area contributed by atoms with E-state index in [0.717, 1.165) is 42.9 Å². The molecule has 6 heteroatoms. The van der Waals surface area contributed by atoms with Gasteiger partial charge in [-0.05, 0) is 31.0 Å². The van der Waals surface area contributed by atoms with Crippen LogP contribution in [0.1, 0.15) is 18.7 Å². The fourth-order valence-electron chi connectivity index (χ4n) is 2.70. The second-order valence-electron chi connectivity index (χ2n) is 5.40. The summed E-state index contributed by atoms with van der Waals surface area (Å²) in [6.45, 7) is 3.14. The number of aromatic nitrogens is 1. The van der Waals surface area contributed by atoms with Gasteiger partial charge in [0.2, 0.25) is 5.89 Å². The number of aliphatic hydroxyl groups excluding tert-OH is 1. The minimum atomic E-state index is 0.0895. The molecule has 1 aliphatic rings. The third-order valence-corrected chi connectivity index (χ3v) is 3.79. The maximum absolute atomic E-state index is 8.77. The lowest BCUT2D eigenvalue weighted by Gasteiger charge is -2.30. The molecule has 0 amide bonds. The van der Waals surface area contributed by atoms with E-state index in [2.05, 4.69) is 9.88 Å². The van der Waals surface area contributed by atoms with Crippen molar-refractivity contribution in [1.82, 2.24) is 9.88 Å². The van der Waals surface area contributed by atoms with Crippen molar-refractivity contribution in [3.05, 3.63) is 24.1 Å². The Morgan fingerprint density at radius 3 is 2.95 bits per heavy atom. The van der Waals surface area contributed by atoms with Gasteiger partial charge >= 0.3 is 0 Å². The number of fused-ring (bicyclic) bond motifs is 1. The lowest BCUT2D eigenvalue weighted by molar-refractivity contribution is -0.0101. The van der Waals surface area contributed by atoms with Crippen LogP contribution >= 0.6 is 0 Å². The van der Waals surface area contributed by atoms with E-state index in [0.29, 0.717) is 18.8 Å². The Morgan fingerprint density at radius 1 is 1.38 bits per heavy atom. The zero-order valence-corrected chi connectivity index (χ0v) is 12.0. The van der Waals surface area contributed by atoms with E-state index in [1.807, 2.05) is 18.2 Å². The van der Waals surface area contributed by atoms with E-state index in [-0.39, 0.29) is 12.7 Å². The van der Waals surface area contributed by atoms with Gasteiger partial charge in [0.1, 0.15) is 5.52 Å². The summed E-state index contributed by atoms with van der Waals surface area (Å²) in [6.07, 6.45) is 2.22. The molecule has 0 unspecified atom stereocenters. The Kier molecular flexibility index (Phi) is 4.38. The highest BCUT2D eigenvalue weighted by Crippen LogP contribution is 2.21. The van der Waals surface area contributed by atoms with Crippen LogP contribution in [0, 0.1) is 0 Å². The van der Waals surface area contributed by atoms with E-state index in [9.17, 15) is 0 Å². The molecule has 6 nitrogen and oxygen atoms in total. The quantitative estimate of drug-likeness (QED) is 0.810. The summed E-state index contributed by atoms with van der Waals surface area (Å²) in [6, 6.07) is 5.51. The highest BCUT2D eigenvalue weighted by molar-refractivity contribution is 5.76. The van der Waals surface area contributed by atoms with E-state index in [1.165, 1.54) is 0 Å². The largest absolute Gasteiger partial charge is 0.439 e. The molecule has 1 aliphatic heterocycles. The van der Waals surface area contributed by atoms with Gasteiger partial charge in [-0.15, -0.1) is 0 Å². The first-order valence-corrected chi connectivity index (χ1v) is 7.34. The molecule has 0 aliphatic carbocycles. The van der Waals surface area contributed by atoms with Gasteiger partial charge in [0.25, 0.3) is 0 Å². The predicted molar refractivity (Wildman–Crippen MR) is 79.8 cm³/mol. The van der Waals surface area contributed by atoms with Gasteiger partial charge in [-0.25, -0.2) is 4.98 Å². The average molecular weight is 291 g/mol. The van der Waals surface area contributed by atoms with Crippen molar-refractivity contribution in [2.24, 2.45) is 0 Å².